The molecule has 0 spiro atoms. The molecule has 1 aliphatic rings. The fraction of sp³-hybridized carbons (Fsp3) is 0.300. The SMILES string of the molecule is COc1cc2c(cc1F)C(=O)NCC2. The van der Waals surface area contributed by atoms with E-state index in [1.54, 1.807) is 6.07 Å². The van der Waals surface area contributed by atoms with Gasteiger partial charge in [0.05, 0.1) is 7.11 Å². The van der Waals surface area contributed by atoms with Crippen LogP contribution in [0.15, 0.2) is 12.1 Å². The molecule has 3 nitrogen and oxygen atoms in total. The second-order valence-electron chi connectivity index (χ2n) is 3.15. The number of fused-ring (bicyclic) bond motifs is 1. The number of methoxy groups -OCH3 is 1. The monoisotopic (exact) mass is 195 g/mol. The van der Waals surface area contributed by atoms with Crippen molar-refractivity contribution in [3.05, 3.63) is 29.1 Å². The van der Waals surface area contributed by atoms with Crippen molar-refractivity contribution in [3.63, 3.8) is 0 Å². The summed E-state index contributed by atoms with van der Waals surface area (Å²) in [5.74, 6) is -0.519. The predicted molar refractivity (Wildman–Crippen MR) is 49.0 cm³/mol. The van der Waals surface area contributed by atoms with Gasteiger partial charge < -0.3 is 10.1 Å². The minimum atomic E-state index is -0.497. The molecule has 1 amide bonds. The molecule has 0 unspecified atom stereocenters. The second-order valence-corrected chi connectivity index (χ2v) is 3.15. The number of nitrogens with one attached hydrogen (secondary N) is 1. The molecule has 1 heterocycles. The van der Waals surface area contributed by atoms with E-state index in [2.05, 4.69) is 5.32 Å². The van der Waals surface area contributed by atoms with E-state index in [0.29, 0.717) is 12.1 Å². The quantitative estimate of drug-likeness (QED) is 0.729. The number of ether oxygens (including phenoxy) is 1. The first-order chi connectivity index (χ1) is 6.72. The summed E-state index contributed by atoms with van der Waals surface area (Å²) in [6.45, 7) is 0.598. The lowest BCUT2D eigenvalue weighted by Gasteiger charge is -2.17. The molecule has 0 saturated carbocycles. The Morgan fingerprint density at radius 3 is 3.00 bits per heavy atom. The molecule has 0 saturated heterocycles. The number of benzene rings is 1. The zero-order valence-electron chi connectivity index (χ0n) is 7.76. The van der Waals surface area contributed by atoms with Crippen molar-refractivity contribution in [2.45, 2.75) is 6.42 Å². The first-order valence-electron chi connectivity index (χ1n) is 4.37. The van der Waals surface area contributed by atoms with Crippen LogP contribution >= 0.6 is 0 Å². The van der Waals surface area contributed by atoms with Gasteiger partial charge in [0.15, 0.2) is 11.6 Å². The average Bonchev–Trinajstić information content (AvgIpc) is 2.19. The number of carbonyl (C=O) groups is 1. The van der Waals surface area contributed by atoms with Gasteiger partial charge in [-0.2, -0.15) is 0 Å². The van der Waals surface area contributed by atoms with Crippen LogP contribution in [0.5, 0.6) is 5.75 Å². The van der Waals surface area contributed by atoms with E-state index >= 15 is 0 Å². The van der Waals surface area contributed by atoms with Crippen LogP contribution < -0.4 is 10.1 Å². The number of carbonyl (C=O) groups excluding carboxylic acids is 1. The third-order valence-electron chi connectivity index (χ3n) is 2.30. The van der Waals surface area contributed by atoms with Gasteiger partial charge in [-0.25, -0.2) is 4.39 Å². The molecule has 2 rings (SSSR count). The van der Waals surface area contributed by atoms with Crippen molar-refractivity contribution in [1.29, 1.82) is 0 Å². The van der Waals surface area contributed by atoms with Crippen molar-refractivity contribution < 1.29 is 13.9 Å². The summed E-state index contributed by atoms with van der Waals surface area (Å²) in [6, 6.07) is 2.81. The van der Waals surface area contributed by atoms with Crippen LogP contribution in [0.1, 0.15) is 15.9 Å². The number of rotatable bonds is 1. The minimum absolute atomic E-state index is 0.193. The van der Waals surface area contributed by atoms with E-state index in [-0.39, 0.29) is 11.7 Å². The Labute approximate surface area is 80.9 Å². The number of hydrogen-bond donors (Lipinski definition) is 1. The van der Waals surface area contributed by atoms with Gasteiger partial charge in [0.1, 0.15) is 0 Å². The van der Waals surface area contributed by atoms with Crippen molar-refractivity contribution >= 4 is 5.91 Å². The lowest BCUT2D eigenvalue weighted by molar-refractivity contribution is 0.0945. The van der Waals surface area contributed by atoms with E-state index in [1.807, 2.05) is 0 Å². The second kappa shape index (κ2) is 3.29. The maximum absolute atomic E-state index is 13.2. The zero-order chi connectivity index (χ0) is 10.1. The fourth-order valence-corrected chi connectivity index (χ4v) is 1.58. The first-order valence-corrected chi connectivity index (χ1v) is 4.37. The topological polar surface area (TPSA) is 38.3 Å². The summed E-state index contributed by atoms with van der Waals surface area (Å²) in [4.78, 5) is 11.3. The zero-order valence-corrected chi connectivity index (χ0v) is 7.76. The lowest BCUT2D eigenvalue weighted by atomic mass is 10.00. The van der Waals surface area contributed by atoms with E-state index < -0.39 is 5.82 Å². The molecule has 4 heteroatoms. The largest absolute Gasteiger partial charge is 0.494 e. The number of halogens is 1. The molecule has 0 fully saturated rings. The molecule has 0 aliphatic carbocycles. The fourth-order valence-electron chi connectivity index (χ4n) is 1.58. The van der Waals surface area contributed by atoms with Crippen molar-refractivity contribution in [2.75, 3.05) is 13.7 Å². The summed E-state index contributed by atoms with van der Waals surface area (Å²) in [5, 5.41) is 2.66. The molecule has 1 aliphatic heterocycles. The van der Waals surface area contributed by atoms with Gasteiger partial charge in [-0.05, 0) is 24.1 Å². The average molecular weight is 195 g/mol. The predicted octanol–water partition coefficient (Wildman–Crippen LogP) is 1.12. The Balaban J connectivity index is 2.54. The summed E-state index contributed by atoms with van der Waals surface area (Å²) >= 11 is 0. The van der Waals surface area contributed by atoms with E-state index in [1.165, 1.54) is 13.2 Å². The molecule has 1 N–H and O–H groups in total. The molecule has 0 radical (unpaired) electrons. The van der Waals surface area contributed by atoms with Crippen LogP contribution in [0, 0.1) is 5.82 Å². The molecular formula is C10H10FNO2. The molecule has 0 atom stereocenters. The van der Waals surface area contributed by atoms with Gasteiger partial charge in [0, 0.05) is 12.1 Å². The Hall–Kier alpha value is -1.58. The minimum Gasteiger partial charge on any atom is -0.494 e. The van der Waals surface area contributed by atoms with Crippen LogP contribution in [-0.4, -0.2) is 19.6 Å². The highest BCUT2D eigenvalue weighted by atomic mass is 19.1. The number of hydrogen-bond acceptors (Lipinski definition) is 2. The van der Waals surface area contributed by atoms with Crippen LogP contribution in [0.2, 0.25) is 0 Å². The van der Waals surface area contributed by atoms with Crippen molar-refractivity contribution in [3.8, 4) is 5.75 Å². The molecule has 14 heavy (non-hydrogen) atoms. The molecule has 74 valence electrons. The third kappa shape index (κ3) is 1.32. The van der Waals surface area contributed by atoms with Crippen LogP contribution in [0.25, 0.3) is 0 Å². The Kier molecular flexibility index (Phi) is 2.11. The van der Waals surface area contributed by atoms with E-state index in [0.717, 1.165) is 12.0 Å². The lowest BCUT2D eigenvalue weighted by Crippen LogP contribution is -2.31. The van der Waals surface area contributed by atoms with Crippen LogP contribution in [0.4, 0.5) is 4.39 Å². The summed E-state index contributed by atoms with van der Waals surface area (Å²) in [7, 11) is 1.41. The Morgan fingerprint density at radius 2 is 2.29 bits per heavy atom. The normalized spacial score (nSPS) is 14.6. The van der Waals surface area contributed by atoms with E-state index in [9.17, 15) is 9.18 Å². The molecule has 0 bridgehead atoms. The third-order valence-corrected chi connectivity index (χ3v) is 2.30. The highest BCUT2D eigenvalue weighted by molar-refractivity contribution is 5.96. The maximum atomic E-state index is 13.2. The standard InChI is InChI=1S/C10H10FNO2/c1-14-9-4-6-2-3-12-10(13)7(6)5-8(9)11/h4-5H,2-3H2,1H3,(H,12,13). The van der Waals surface area contributed by atoms with Crippen molar-refractivity contribution in [2.24, 2.45) is 0 Å². The van der Waals surface area contributed by atoms with Gasteiger partial charge in [-0.15, -0.1) is 0 Å². The smallest absolute Gasteiger partial charge is 0.251 e. The Morgan fingerprint density at radius 1 is 1.50 bits per heavy atom. The highest BCUT2D eigenvalue weighted by Crippen LogP contribution is 2.24. The highest BCUT2D eigenvalue weighted by Gasteiger charge is 2.19. The van der Waals surface area contributed by atoms with Gasteiger partial charge in [-0.3, -0.25) is 4.79 Å². The summed E-state index contributed by atoms with van der Waals surface area (Å²) in [6.07, 6.45) is 0.720. The molecule has 1 aromatic rings. The van der Waals surface area contributed by atoms with E-state index in [4.69, 9.17) is 4.74 Å². The van der Waals surface area contributed by atoms with Gasteiger partial charge in [0.2, 0.25) is 0 Å². The van der Waals surface area contributed by atoms with Crippen LogP contribution in [0.3, 0.4) is 0 Å². The summed E-state index contributed by atoms with van der Waals surface area (Å²) < 4.78 is 18.1. The maximum Gasteiger partial charge on any atom is 0.251 e. The first kappa shape index (κ1) is 8.99. The van der Waals surface area contributed by atoms with Crippen molar-refractivity contribution in [1.82, 2.24) is 5.32 Å². The number of amides is 1. The summed E-state index contributed by atoms with van der Waals surface area (Å²) in [5.41, 5.74) is 1.25. The molecule has 1 aromatic carbocycles. The van der Waals surface area contributed by atoms with Crippen LogP contribution in [-0.2, 0) is 6.42 Å². The molecular weight excluding hydrogens is 185 g/mol. The molecule has 0 aromatic heterocycles. The Bertz CT molecular complexity index is 390. The van der Waals surface area contributed by atoms with Gasteiger partial charge in [-0.1, -0.05) is 0 Å². The van der Waals surface area contributed by atoms with Gasteiger partial charge in [0.25, 0.3) is 5.91 Å². The van der Waals surface area contributed by atoms with Gasteiger partial charge >= 0.3 is 0 Å².